The van der Waals surface area contributed by atoms with Crippen LogP contribution in [0.3, 0.4) is 0 Å². The van der Waals surface area contributed by atoms with E-state index in [1.807, 2.05) is 30.3 Å². The molecule has 0 aromatic heterocycles. The SMILES string of the molecule is O=Cc1cc(-c2ccccc2)cc(CO)c1O. The Labute approximate surface area is 99.0 Å². The van der Waals surface area contributed by atoms with Gasteiger partial charge in [0.2, 0.25) is 0 Å². The van der Waals surface area contributed by atoms with Crippen molar-refractivity contribution < 1.29 is 15.0 Å². The topological polar surface area (TPSA) is 57.5 Å². The van der Waals surface area contributed by atoms with Gasteiger partial charge >= 0.3 is 0 Å². The second-order valence-electron chi connectivity index (χ2n) is 3.72. The van der Waals surface area contributed by atoms with Crippen LogP contribution in [-0.2, 0) is 6.61 Å². The minimum atomic E-state index is -0.298. The molecule has 0 unspecified atom stereocenters. The van der Waals surface area contributed by atoms with Gasteiger partial charge in [0.15, 0.2) is 6.29 Å². The van der Waals surface area contributed by atoms with E-state index in [9.17, 15) is 9.90 Å². The molecule has 0 fully saturated rings. The molecule has 3 nitrogen and oxygen atoms in total. The number of carbonyl (C=O) groups excluding carboxylic acids is 1. The van der Waals surface area contributed by atoms with Crippen LogP contribution in [0.15, 0.2) is 42.5 Å². The van der Waals surface area contributed by atoms with E-state index in [-0.39, 0.29) is 17.9 Å². The molecule has 0 aliphatic carbocycles. The first kappa shape index (κ1) is 11.4. The third kappa shape index (κ3) is 2.19. The molecule has 0 radical (unpaired) electrons. The van der Waals surface area contributed by atoms with Crippen LogP contribution in [0.2, 0.25) is 0 Å². The van der Waals surface area contributed by atoms with Gasteiger partial charge in [0.25, 0.3) is 0 Å². The maximum atomic E-state index is 10.8. The summed E-state index contributed by atoms with van der Waals surface area (Å²) in [4.78, 5) is 10.8. The van der Waals surface area contributed by atoms with Crippen LogP contribution < -0.4 is 0 Å². The van der Waals surface area contributed by atoms with Crippen molar-refractivity contribution >= 4 is 6.29 Å². The van der Waals surface area contributed by atoms with Crippen molar-refractivity contribution in [2.24, 2.45) is 0 Å². The number of carbonyl (C=O) groups is 1. The quantitative estimate of drug-likeness (QED) is 0.793. The molecule has 2 aromatic carbocycles. The number of aliphatic hydroxyl groups excluding tert-OH is 1. The fourth-order valence-electron chi connectivity index (χ4n) is 1.73. The van der Waals surface area contributed by atoms with Crippen LogP contribution in [0.4, 0.5) is 0 Å². The average Bonchev–Trinajstić information content (AvgIpc) is 2.40. The predicted molar refractivity (Wildman–Crippen MR) is 64.9 cm³/mol. The van der Waals surface area contributed by atoms with E-state index < -0.39 is 0 Å². The largest absolute Gasteiger partial charge is 0.507 e. The Bertz CT molecular complexity index is 533. The highest BCUT2D eigenvalue weighted by atomic mass is 16.3. The van der Waals surface area contributed by atoms with Gasteiger partial charge in [-0.05, 0) is 23.3 Å². The zero-order chi connectivity index (χ0) is 12.3. The summed E-state index contributed by atoms with van der Waals surface area (Å²) in [6.07, 6.45) is 0.584. The first-order valence-corrected chi connectivity index (χ1v) is 5.23. The van der Waals surface area contributed by atoms with Crippen LogP contribution in [0.1, 0.15) is 15.9 Å². The highest BCUT2D eigenvalue weighted by molar-refractivity contribution is 5.84. The van der Waals surface area contributed by atoms with E-state index in [4.69, 9.17) is 5.11 Å². The van der Waals surface area contributed by atoms with Gasteiger partial charge in [-0.15, -0.1) is 0 Å². The Balaban J connectivity index is 2.60. The lowest BCUT2D eigenvalue weighted by Gasteiger charge is -2.08. The first-order valence-electron chi connectivity index (χ1n) is 5.23. The molecule has 0 atom stereocenters. The summed E-state index contributed by atoms with van der Waals surface area (Å²) in [6, 6.07) is 12.8. The molecule has 0 saturated carbocycles. The molecule has 0 amide bonds. The molecule has 2 rings (SSSR count). The Kier molecular flexibility index (Phi) is 3.21. The number of hydrogen-bond acceptors (Lipinski definition) is 3. The Morgan fingerprint density at radius 3 is 2.35 bits per heavy atom. The molecule has 3 heteroatoms. The summed E-state index contributed by atoms with van der Waals surface area (Å²) in [6.45, 7) is -0.298. The zero-order valence-electron chi connectivity index (χ0n) is 9.13. The van der Waals surface area contributed by atoms with Crippen LogP contribution in [0.25, 0.3) is 11.1 Å². The van der Waals surface area contributed by atoms with Crippen molar-refractivity contribution in [3.05, 3.63) is 53.6 Å². The van der Waals surface area contributed by atoms with Gasteiger partial charge in [0.1, 0.15) is 5.75 Å². The lowest BCUT2D eigenvalue weighted by Crippen LogP contribution is -1.92. The van der Waals surface area contributed by atoms with Gasteiger partial charge in [0, 0.05) is 5.56 Å². The van der Waals surface area contributed by atoms with Crippen molar-refractivity contribution in [3.63, 3.8) is 0 Å². The van der Waals surface area contributed by atoms with Crippen LogP contribution in [0, 0.1) is 0 Å². The third-order valence-electron chi connectivity index (χ3n) is 2.62. The lowest BCUT2D eigenvalue weighted by atomic mass is 9.99. The van der Waals surface area contributed by atoms with Crippen LogP contribution >= 0.6 is 0 Å². The maximum Gasteiger partial charge on any atom is 0.153 e. The van der Waals surface area contributed by atoms with Crippen molar-refractivity contribution in [3.8, 4) is 16.9 Å². The minimum absolute atomic E-state index is 0.151. The molecular formula is C14H12O3. The number of phenols is 1. The predicted octanol–water partition coefficient (Wildman–Crippen LogP) is 2.36. The molecule has 0 bridgehead atoms. The number of rotatable bonds is 3. The Morgan fingerprint density at radius 1 is 1.06 bits per heavy atom. The second kappa shape index (κ2) is 4.80. The average molecular weight is 228 g/mol. The van der Waals surface area contributed by atoms with Crippen molar-refractivity contribution in [2.75, 3.05) is 0 Å². The standard InChI is InChI=1S/C14H12O3/c15-8-12-6-11(7-13(9-16)14(12)17)10-4-2-1-3-5-10/h1-8,16-17H,9H2. The smallest absolute Gasteiger partial charge is 0.153 e. The van der Waals surface area contributed by atoms with Gasteiger partial charge in [0.05, 0.1) is 12.2 Å². The summed E-state index contributed by atoms with van der Waals surface area (Å²) < 4.78 is 0. The van der Waals surface area contributed by atoms with Crippen molar-refractivity contribution in [1.82, 2.24) is 0 Å². The number of benzene rings is 2. The molecule has 0 aliphatic heterocycles. The first-order chi connectivity index (χ1) is 8.26. The van der Waals surface area contributed by atoms with Crippen molar-refractivity contribution in [1.29, 1.82) is 0 Å². The monoisotopic (exact) mass is 228 g/mol. The minimum Gasteiger partial charge on any atom is -0.507 e. The third-order valence-corrected chi connectivity index (χ3v) is 2.62. The van der Waals surface area contributed by atoms with Crippen molar-refractivity contribution in [2.45, 2.75) is 6.61 Å². The summed E-state index contributed by atoms with van der Waals surface area (Å²) in [7, 11) is 0. The van der Waals surface area contributed by atoms with Crippen LogP contribution in [0.5, 0.6) is 5.75 Å². The molecule has 86 valence electrons. The maximum absolute atomic E-state index is 10.8. The Morgan fingerprint density at radius 2 is 1.76 bits per heavy atom. The zero-order valence-corrected chi connectivity index (χ0v) is 9.13. The van der Waals surface area contributed by atoms with Gasteiger partial charge in [-0.1, -0.05) is 30.3 Å². The number of hydrogen-bond donors (Lipinski definition) is 2. The molecule has 0 aliphatic rings. The van der Waals surface area contributed by atoms with E-state index in [1.165, 1.54) is 0 Å². The molecule has 0 heterocycles. The molecule has 2 N–H and O–H groups in total. The summed E-state index contributed by atoms with van der Waals surface area (Å²) >= 11 is 0. The number of aromatic hydroxyl groups is 1. The normalized spacial score (nSPS) is 10.2. The van der Waals surface area contributed by atoms with Gasteiger partial charge in [-0.3, -0.25) is 4.79 Å². The molecule has 2 aromatic rings. The lowest BCUT2D eigenvalue weighted by molar-refractivity contribution is 0.112. The second-order valence-corrected chi connectivity index (χ2v) is 3.72. The van der Waals surface area contributed by atoms with E-state index in [1.54, 1.807) is 12.1 Å². The van der Waals surface area contributed by atoms with Crippen LogP contribution in [-0.4, -0.2) is 16.5 Å². The number of aliphatic hydroxyl groups is 1. The van der Waals surface area contributed by atoms with Gasteiger partial charge in [-0.25, -0.2) is 0 Å². The van der Waals surface area contributed by atoms with E-state index in [2.05, 4.69) is 0 Å². The fourth-order valence-corrected chi connectivity index (χ4v) is 1.73. The summed E-state index contributed by atoms with van der Waals surface area (Å²) in [5, 5.41) is 18.8. The molecular weight excluding hydrogens is 216 g/mol. The summed E-state index contributed by atoms with van der Waals surface area (Å²) in [5.41, 5.74) is 2.28. The van der Waals surface area contributed by atoms with Gasteiger partial charge < -0.3 is 10.2 Å². The molecule has 17 heavy (non-hydrogen) atoms. The fraction of sp³-hybridized carbons (Fsp3) is 0.0714. The summed E-state index contributed by atoms with van der Waals surface area (Å²) in [5.74, 6) is -0.151. The molecule has 0 saturated heterocycles. The van der Waals surface area contributed by atoms with Gasteiger partial charge in [-0.2, -0.15) is 0 Å². The Hall–Kier alpha value is -2.13. The number of aldehydes is 1. The highest BCUT2D eigenvalue weighted by Crippen LogP contribution is 2.29. The van der Waals surface area contributed by atoms with E-state index >= 15 is 0 Å². The van der Waals surface area contributed by atoms with E-state index in [0.29, 0.717) is 11.8 Å². The molecule has 0 spiro atoms. The highest BCUT2D eigenvalue weighted by Gasteiger charge is 2.09. The van der Waals surface area contributed by atoms with E-state index in [0.717, 1.165) is 11.1 Å².